The van der Waals surface area contributed by atoms with E-state index in [4.69, 9.17) is 16.3 Å². The number of rotatable bonds is 10. The average molecular weight is 503 g/mol. The number of aliphatic hydroxyl groups is 1. The first kappa shape index (κ1) is 25.2. The van der Waals surface area contributed by atoms with Crippen molar-refractivity contribution in [1.82, 2.24) is 9.88 Å². The van der Waals surface area contributed by atoms with E-state index in [-0.39, 0.29) is 12.5 Å². The van der Waals surface area contributed by atoms with Crippen LogP contribution in [0.2, 0.25) is 5.02 Å². The van der Waals surface area contributed by atoms with Gasteiger partial charge in [-0.3, -0.25) is 4.98 Å². The number of fused-ring (bicyclic) bond motifs is 1. The van der Waals surface area contributed by atoms with Crippen molar-refractivity contribution in [2.75, 3.05) is 39.1 Å². The van der Waals surface area contributed by atoms with Crippen molar-refractivity contribution in [3.63, 3.8) is 0 Å². The van der Waals surface area contributed by atoms with Crippen molar-refractivity contribution in [3.05, 3.63) is 65.3 Å². The first-order chi connectivity index (χ1) is 16.6. The maximum Gasteiger partial charge on any atom is 0.126 e. The van der Waals surface area contributed by atoms with Gasteiger partial charge in [-0.1, -0.05) is 23.7 Å². The minimum Gasteiger partial charge on any atom is -0.497 e. The fourth-order valence-corrected chi connectivity index (χ4v) is 6.10. The summed E-state index contributed by atoms with van der Waals surface area (Å²) in [6, 6.07) is 15.3. The highest BCUT2D eigenvalue weighted by Crippen LogP contribution is 2.35. The largest absolute Gasteiger partial charge is 0.497 e. The molecule has 0 unspecified atom stereocenters. The summed E-state index contributed by atoms with van der Waals surface area (Å²) in [5.74, 6) is 2.17. The highest BCUT2D eigenvalue weighted by molar-refractivity contribution is 7.99. The van der Waals surface area contributed by atoms with E-state index >= 15 is 4.39 Å². The molecule has 2 heterocycles. The van der Waals surface area contributed by atoms with Crippen LogP contribution in [0.1, 0.15) is 31.0 Å². The van der Waals surface area contributed by atoms with Gasteiger partial charge in [-0.2, -0.15) is 0 Å². The molecule has 1 aliphatic heterocycles. The van der Waals surface area contributed by atoms with E-state index in [1.807, 2.05) is 42.5 Å². The molecule has 0 radical (unpaired) electrons. The Labute approximate surface area is 210 Å². The SMILES string of the molecule is COc1ccc2nccc([C@@H](F)CC[C@@H]3CCN(CCSc4ccccc4Cl)C[C@@H]3CO)c2c1. The fraction of sp³-hybridized carbons (Fsp3) is 0.444. The number of hydrogen-bond acceptors (Lipinski definition) is 5. The highest BCUT2D eigenvalue weighted by atomic mass is 35.5. The van der Waals surface area contributed by atoms with Gasteiger partial charge in [0.1, 0.15) is 11.9 Å². The molecule has 2 aromatic carbocycles. The lowest BCUT2D eigenvalue weighted by Crippen LogP contribution is -2.43. The Morgan fingerprint density at radius 1 is 1.24 bits per heavy atom. The zero-order chi connectivity index (χ0) is 23.9. The van der Waals surface area contributed by atoms with E-state index in [1.54, 1.807) is 31.1 Å². The number of aromatic nitrogens is 1. The second-order valence-electron chi connectivity index (χ2n) is 8.90. The second kappa shape index (κ2) is 12.2. The number of pyridine rings is 1. The van der Waals surface area contributed by atoms with Crippen LogP contribution in [0.4, 0.5) is 4.39 Å². The molecule has 34 heavy (non-hydrogen) atoms. The van der Waals surface area contributed by atoms with Gasteiger partial charge in [0.25, 0.3) is 0 Å². The van der Waals surface area contributed by atoms with Gasteiger partial charge in [0.2, 0.25) is 0 Å². The van der Waals surface area contributed by atoms with Gasteiger partial charge in [-0.15, -0.1) is 11.8 Å². The normalized spacial score (nSPS) is 19.9. The smallest absolute Gasteiger partial charge is 0.126 e. The number of ether oxygens (including phenoxy) is 1. The predicted molar refractivity (Wildman–Crippen MR) is 139 cm³/mol. The molecule has 1 aliphatic rings. The summed E-state index contributed by atoms with van der Waals surface area (Å²) in [6.07, 6.45) is 2.80. The van der Waals surface area contributed by atoms with Gasteiger partial charge < -0.3 is 14.7 Å². The zero-order valence-electron chi connectivity index (χ0n) is 19.5. The second-order valence-corrected chi connectivity index (χ2v) is 10.4. The molecule has 1 N–H and O–H groups in total. The lowest BCUT2D eigenvalue weighted by molar-refractivity contribution is 0.0672. The average Bonchev–Trinajstić information content (AvgIpc) is 2.88. The maximum absolute atomic E-state index is 15.4. The number of benzene rings is 2. The Balaban J connectivity index is 1.30. The fourth-order valence-electron chi connectivity index (χ4n) is 4.86. The lowest BCUT2D eigenvalue weighted by Gasteiger charge is -2.38. The van der Waals surface area contributed by atoms with E-state index in [0.717, 1.165) is 59.0 Å². The van der Waals surface area contributed by atoms with Gasteiger partial charge in [0, 0.05) is 41.9 Å². The summed E-state index contributed by atoms with van der Waals surface area (Å²) < 4.78 is 20.7. The molecule has 0 aliphatic carbocycles. The first-order valence-electron chi connectivity index (χ1n) is 11.9. The van der Waals surface area contributed by atoms with Crippen LogP contribution < -0.4 is 4.74 Å². The Kier molecular flexibility index (Phi) is 9.06. The van der Waals surface area contributed by atoms with Crippen molar-refractivity contribution >= 4 is 34.3 Å². The van der Waals surface area contributed by atoms with Crippen LogP contribution in [0.25, 0.3) is 10.9 Å². The quantitative estimate of drug-likeness (QED) is 0.324. The number of piperidine rings is 1. The van der Waals surface area contributed by atoms with Crippen molar-refractivity contribution in [2.45, 2.75) is 30.3 Å². The molecular formula is C27H32ClFN2O2S. The molecule has 1 saturated heterocycles. The summed E-state index contributed by atoms with van der Waals surface area (Å²) in [5.41, 5.74) is 1.44. The van der Waals surface area contributed by atoms with Gasteiger partial charge in [-0.25, -0.2) is 4.39 Å². The van der Waals surface area contributed by atoms with Crippen LogP contribution >= 0.6 is 23.4 Å². The molecule has 0 spiro atoms. The van der Waals surface area contributed by atoms with Crippen LogP contribution in [0.15, 0.2) is 59.6 Å². The Hall–Kier alpha value is -1.86. The van der Waals surface area contributed by atoms with Crippen molar-refractivity contribution in [3.8, 4) is 5.75 Å². The third-order valence-corrected chi connectivity index (χ3v) is 8.32. The van der Waals surface area contributed by atoms with Crippen LogP contribution in [0.3, 0.4) is 0 Å². The number of thioether (sulfide) groups is 1. The molecule has 0 amide bonds. The topological polar surface area (TPSA) is 45.6 Å². The van der Waals surface area contributed by atoms with E-state index in [1.165, 1.54) is 0 Å². The van der Waals surface area contributed by atoms with Crippen LogP contribution in [-0.2, 0) is 0 Å². The van der Waals surface area contributed by atoms with Crippen molar-refractivity contribution in [1.29, 1.82) is 0 Å². The lowest BCUT2D eigenvalue weighted by atomic mass is 9.81. The summed E-state index contributed by atoms with van der Waals surface area (Å²) in [7, 11) is 1.61. The van der Waals surface area contributed by atoms with Crippen molar-refractivity contribution in [2.24, 2.45) is 11.8 Å². The number of nitrogens with zero attached hydrogens (tertiary/aromatic N) is 2. The summed E-state index contributed by atoms with van der Waals surface area (Å²) in [4.78, 5) is 7.88. The minimum absolute atomic E-state index is 0.144. The van der Waals surface area contributed by atoms with E-state index in [9.17, 15) is 5.11 Å². The Bertz CT molecular complexity index is 1090. The number of alkyl halides is 1. The molecule has 4 rings (SSSR count). The molecule has 0 bridgehead atoms. The number of aliphatic hydroxyl groups excluding tert-OH is 1. The van der Waals surface area contributed by atoms with E-state index < -0.39 is 6.17 Å². The summed E-state index contributed by atoms with van der Waals surface area (Å²) >= 11 is 8.02. The predicted octanol–water partition coefficient (Wildman–Crippen LogP) is 6.41. The third-order valence-electron chi connectivity index (χ3n) is 6.82. The third kappa shape index (κ3) is 6.22. The molecule has 4 nitrogen and oxygen atoms in total. The van der Waals surface area contributed by atoms with Gasteiger partial charge >= 0.3 is 0 Å². The monoisotopic (exact) mass is 502 g/mol. The molecule has 3 atom stereocenters. The highest BCUT2D eigenvalue weighted by Gasteiger charge is 2.29. The Morgan fingerprint density at radius 3 is 2.88 bits per heavy atom. The van der Waals surface area contributed by atoms with E-state index in [0.29, 0.717) is 23.7 Å². The van der Waals surface area contributed by atoms with Crippen LogP contribution in [-0.4, -0.2) is 54.1 Å². The molecular weight excluding hydrogens is 471 g/mol. The van der Waals surface area contributed by atoms with Gasteiger partial charge in [0.15, 0.2) is 0 Å². The number of methoxy groups -OCH3 is 1. The van der Waals surface area contributed by atoms with Gasteiger partial charge in [-0.05, 0) is 79.6 Å². The minimum atomic E-state index is -1.07. The number of hydrogen-bond donors (Lipinski definition) is 1. The first-order valence-corrected chi connectivity index (χ1v) is 13.2. The van der Waals surface area contributed by atoms with Crippen LogP contribution in [0, 0.1) is 11.8 Å². The van der Waals surface area contributed by atoms with Gasteiger partial charge in [0.05, 0.1) is 17.6 Å². The molecule has 7 heteroatoms. The standard InChI is InChI=1S/C27H32ClFN2O2S/c1-33-21-7-9-26-23(16-21)22(10-12-30-26)25(29)8-6-19-11-13-31(17-20(19)18-32)14-15-34-27-5-3-2-4-24(27)28/h2-5,7,9-10,12,16,19-20,25,32H,6,8,11,13-15,17-18H2,1H3/t19-,20-,25+/m1/s1. The zero-order valence-corrected chi connectivity index (χ0v) is 21.1. The molecule has 1 aromatic heterocycles. The summed E-state index contributed by atoms with van der Waals surface area (Å²) in [5, 5.41) is 11.6. The Morgan fingerprint density at radius 2 is 2.09 bits per heavy atom. The van der Waals surface area contributed by atoms with Crippen LogP contribution in [0.5, 0.6) is 5.75 Å². The molecule has 3 aromatic rings. The number of likely N-dealkylation sites (tertiary alicyclic amines) is 1. The molecule has 0 saturated carbocycles. The number of halogens is 2. The molecule has 1 fully saturated rings. The maximum atomic E-state index is 15.4. The van der Waals surface area contributed by atoms with E-state index in [2.05, 4.69) is 9.88 Å². The molecule has 182 valence electrons. The summed E-state index contributed by atoms with van der Waals surface area (Å²) in [6.45, 7) is 2.94. The van der Waals surface area contributed by atoms with Crippen molar-refractivity contribution < 1.29 is 14.2 Å².